The Balaban J connectivity index is 1.71. The zero-order valence-corrected chi connectivity index (χ0v) is 14.5. The lowest BCUT2D eigenvalue weighted by atomic mass is 9.43. The number of rotatable bonds is 0. The van der Waals surface area contributed by atoms with E-state index >= 15 is 0 Å². The molecule has 2 saturated carbocycles. The van der Waals surface area contributed by atoms with Crippen LogP contribution in [0.25, 0.3) is 0 Å². The van der Waals surface area contributed by atoms with Gasteiger partial charge in [-0.3, -0.25) is 0 Å². The largest absolute Gasteiger partial charge is 0.348 e. The molecule has 1 heterocycles. The maximum atomic E-state index is 11.7. The summed E-state index contributed by atoms with van der Waals surface area (Å²) < 4.78 is 12.0. The third kappa shape index (κ3) is 2.13. The summed E-state index contributed by atoms with van der Waals surface area (Å²) in [6, 6.07) is 0. The standard InChI is InChI=1S/C20H28O3/c1-15-5-7-19(8-6-15)17(14-21)4-3-16-13-20(22-11-12-23-20)10-9-18(16,19)2/h5,16H,3-4,6-13H2,1-2H3/t16-,18+,19-/m1/s1. The average molecular weight is 316 g/mol. The predicted octanol–water partition coefficient (Wildman–Crippen LogP) is 4.20. The molecule has 3 fully saturated rings. The third-order valence-electron chi connectivity index (χ3n) is 7.58. The first-order chi connectivity index (χ1) is 11.0. The van der Waals surface area contributed by atoms with Crippen molar-refractivity contribution in [2.24, 2.45) is 16.7 Å². The fourth-order valence-electron chi connectivity index (χ4n) is 5.97. The van der Waals surface area contributed by atoms with Crippen molar-refractivity contribution in [1.82, 2.24) is 0 Å². The number of fused-ring (bicyclic) bond motifs is 2. The van der Waals surface area contributed by atoms with E-state index in [9.17, 15) is 4.79 Å². The number of hydrogen-bond donors (Lipinski definition) is 0. The van der Waals surface area contributed by atoms with E-state index in [1.165, 1.54) is 5.57 Å². The monoisotopic (exact) mass is 316 g/mol. The minimum atomic E-state index is -0.325. The summed E-state index contributed by atoms with van der Waals surface area (Å²) >= 11 is 0. The summed E-state index contributed by atoms with van der Waals surface area (Å²) in [5.41, 5.74) is 2.73. The van der Waals surface area contributed by atoms with Gasteiger partial charge in [-0.15, -0.1) is 0 Å². The first-order valence-electron chi connectivity index (χ1n) is 9.22. The normalized spacial score (nSPS) is 42.4. The Morgan fingerprint density at radius 2 is 1.96 bits per heavy atom. The van der Waals surface area contributed by atoms with Crippen molar-refractivity contribution in [1.29, 1.82) is 0 Å². The van der Waals surface area contributed by atoms with Crippen LogP contribution in [0.3, 0.4) is 0 Å². The van der Waals surface area contributed by atoms with Crippen molar-refractivity contribution in [2.75, 3.05) is 13.2 Å². The Morgan fingerprint density at radius 1 is 1.17 bits per heavy atom. The number of allylic oxidation sites excluding steroid dienone is 3. The summed E-state index contributed by atoms with van der Waals surface area (Å²) in [5, 5.41) is 0. The van der Waals surface area contributed by atoms with Gasteiger partial charge in [-0.1, -0.05) is 18.6 Å². The Bertz CT molecular complexity index is 580. The predicted molar refractivity (Wildman–Crippen MR) is 88.6 cm³/mol. The highest BCUT2D eigenvalue weighted by Crippen LogP contribution is 2.67. The molecule has 0 amide bonds. The Hall–Kier alpha value is -0.890. The molecule has 3 heteroatoms. The molecule has 3 aliphatic carbocycles. The Kier molecular flexibility index (Phi) is 3.61. The molecule has 1 saturated heterocycles. The SMILES string of the molecule is CC1=CC[C@@]2(CC1)C(=C=O)CC[C@@H]1CC3(CC[C@@]12C)OCCO3. The van der Waals surface area contributed by atoms with Crippen molar-refractivity contribution in [3.8, 4) is 0 Å². The lowest BCUT2D eigenvalue weighted by Crippen LogP contribution is -2.56. The summed E-state index contributed by atoms with van der Waals surface area (Å²) in [6.45, 7) is 6.12. The molecule has 0 unspecified atom stereocenters. The summed E-state index contributed by atoms with van der Waals surface area (Å²) in [5.74, 6) is 2.63. The first kappa shape index (κ1) is 15.6. The molecule has 0 aromatic heterocycles. The fraction of sp³-hybridized carbons (Fsp3) is 0.800. The van der Waals surface area contributed by atoms with E-state index in [4.69, 9.17) is 9.47 Å². The van der Waals surface area contributed by atoms with Gasteiger partial charge < -0.3 is 9.47 Å². The van der Waals surface area contributed by atoms with Gasteiger partial charge in [-0.25, -0.2) is 4.79 Å². The molecule has 4 aliphatic rings. The van der Waals surface area contributed by atoms with Gasteiger partial charge in [0.15, 0.2) is 5.79 Å². The number of hydrogen-bond acceptors (Lipinski definition) is 3. The summed E-state index contributed by atoms with van der Waals surface area (Å²) in [4.78, 5) is 11.7. The fourth-order valence-corrected chi connectivity index (χ4v) is 5.97. The highest BCUT2D eigenvalue weighted by molar-refractivity contribution is 5.57. The minimum absolute atomic E-state index is 0.0252. The smallest absolute Gasteiger partial charge is 0.168 e. The molecule has 4 rings (SSSR count). The van der Waals surface area contributed by atoms with E-state index in [1.54, 1.807) is 0 Å². The van der Waals surface area contributed by atoms with Gasteiger partial charge in [-0.2, -0.15) is 0 Å². The van der Waals surface area contributed by atoms with Gasteiger partial charge >= 0.3 is 0 Å². The first-order valence-corrected chi connectivity index (χ1v) is 9.22. The minimum Gasteiger partial charge on any atom is -0.348 e. The molecule has 0 radical (unpaired) electrons. The molecule has 2 spiro atoms. The number of carbonyl (C=O) groups excluding carboxylic acids is 1. The van der Waals surface area contributed by atoms with E-state index in [2.05, 4.69) is 25.9 Å². The highest BCUT2D eigenvalue weighted by atomic mass is 16.7. The third-order valence-corrected chi connectivity index (χ3v) is 7.58. The second-order valence-electron chi connectivity index (χ2n) is 8.38. The van der Waals surface area contributed by atoms with Gasteiger partial charge in [-0.05, 0) is 56.8 Å². The molecule has 1 aliphatic heterocycles. The van der Waals surface area contributed by atoms with Gasteiger partial charge in [0, 0.05) is 23.8 Å². The van der Waals surface area contributed by atoms with Crippen molar-refractivity contribution in [3.05, 3.63) is 17.2 Å². The summed E-state index contributed by atoms with van der Waals surface area (Å²) in [7, 11) is 0. The van der Waals surface area contributed by atoms with Crippen LogP contribution in [0.1, 0.15) is 65.2 Å². The maximum Gasteiger partial charge on any atom is 0.168 e. The molecule has 23 heavy (non-hydrogen) atoms. The number of ether oxygens (including phenoxy) is 2. The molecule has 3 atom stereocenters. The quantitative estimate of drug-likeness (QED) is 0.496. The molecule has 0 aromatic carbocycles. The second kappa shape index (κ2) is 5.31. The van der Waals surface area contributed by atoms with E-state index in [1.807, 2.05) is 0 Å². The van der Waals surface area contributed by atoms with E-state index < -0.39 is 0 Å². The average Bonchev–Trinajstić information content (AvgIpc) is 3.01. The van der Waals surface area contributed by atoms with Crippen LogP contribution >= 0.6 is 0 Å². The van der Waals surface area contributed by atoms with Crippen LogP contribution in [0.15, 0.2) is 17.2 Å². The van der Waals surface area contributed by atoms with Gasteiger partial charge in [0.2, 0.25) is 0 Å². The molecule has 0 N–H and O–H groups in total. The lowest BCUT2D eigenvalue weighted by Gasteiger charge is -2.61. The van der Waals surface area contributed by atoms with Crippen LogP contribution in [0.2, 0.25) is 0 Å². The zero-order chi connectivity index (χ0) is 16.1. The molecule has 126 valence electrons. The van der Waals surface area contributed by atoms with Crippen molar-refractivity contribution in [3.63, 3.8) is 0 Å². The Labute approximate surface area is 139 Å². The van der Waals surface area contributed by atoms with Crippen LogP contribution in [0, 0.1) is 16.7 Å². The molecular weight excluding hydrogens is 288 g/mol. The molecule has 0 bridgehead atoms. The van der Waals surface area contributed by atoms with Crippen molar-refractivity contribution < 1.29 is 14.3 Å². The van der Waals surface area contributed by atoms with Crippen molar-refractivity contribution >= 4 is 5.94 Å². The Morgan fingerprint density at radius 3 is 2.61 bits per heavy atom. The highest BCUT2D eigenvalue weighted by Gasteiger charge is 2.61. The van der Waals surface area contributed by atoms with E-state index in [0.717, 1.165) is 70.2 Å². The van der Waals surface area contributed by atoms with Crippen LogP contribution in [-0.2, 0) is 14.3 Å². The maximum absolute atomic E-state index is 11.7. The van der Waals surface area contributed by atoms with Crippen LogP contribution in [0.5, 0.6) is 0 Å². The molecule has 3 nitrogen and oxygen atoms in total. The van der Waals surface area contributed by atoms with E-state index in [0.29, 0.717) is 5.92 Å². The second-order valence-corrected chi connectivity index (χ2v) is 8.38. The van der Waals surface area contributed by atoms with Crippen LogP contribution < -0.4 is 0 Å². The topological polar surface area (TPSA) is 35.5 Å². The van der Waals surface area contributed by atoms with Crippen LogP contribution in [0.4, 0.5) is 0 Å². The van der Waals surface area contributed by atoms with Crippen molar-refractivity contribution in [2.45, 2.75) is 71.0 Å². The van der Waals surface area contributed by atoms with Gasteiger partial charge in [0.1, 0.15) is 5.94 Å². The van der Waals surface area contributed by atoms with Gasteiger partial charge in [0.25, 0.3) is 0 Å². The summed E-state index contributed by atoms with van der Waals surface area (Å²) in [6.07, 6.45) is 10.7. The molecule has 0 aromatic rings. The molecular formula is C20H28O3. The lowest BCUT2D eigenvalue weighted by molar-refractivity contribution is -0.224. The van der Waals surface area contributed by atoms with Gasteiger partial charge in [0.05, 0.1) is 13.2 Å². The van der Waals surface area contributed by atoms with E-state index in [-0.39, 0.29) is 16.6 Å². The van der Waals surface area contributed by atoms with Crippen LogP contribution in [-0.4, -0.2) is 24.9 Å². The zero-order valence-electron chi connectivity index (χ0n) is 14.5.